The van der Waals surface area contributed by atoms with Gasteiger partial charge in [-0.15, -0.1) is 0 Å². The summed E-state index contributed by atoms with van der Waals surface area (Å²) in [6, 6.07) is 19.9. The highest BCUT2D eigenvalue weighted by atomic mass is 16.6. The van der Waals surface area contributed by atoms with Gasteiger partial charge in [-0.1, -0.05) is 60.7 Å². The van der Waals surface area contributed by atoms with E-state index in [0.29, 0.717) is 13.2 Å². The summed E-state index contributed by atoms with van der Waals surface area (Å²) in [5.74, 6) is 0. The normalized spacial score (nSPS) is 24.1. The van der Waals surface area contributed by atoms with Gasteiger partial charge in [0.25, 0.3) is 0 Å². The Labute approximate surface area is 148 Å². The number of amides is 1. The van der Waals surface area contributed by atoms with E-state index in [4.69, 9.17) is 10.5 Å². The van der Waals surface area contributed by atoms with E-state index in [2.05, 4.69) is 12.1 Å². The summed E-state index contributed by atoms with van der Waals surface area (Å²) in [4.78, 5) is 14.7. The first-order chi connectivity index (χ1) is 12.1. The van der Waals surface area contributed by atoms with Crippen LogP contribution in [0.15, 0.2) is 60.7 Å². The number of likely N-dealkylation sites (tertiary alicyclic amines) is 1. The molecule has 1 saturated carbocycles. The lowest BCUT2D eigenvalue weighted by Crippen LogP contribution is -2.58. The van der Waals surface area contributed by atoms with Gasteiger partial charge in [-0.3, -0.25) is 0 Å². The molecule has 1 unspecified atom stereocenters. The zero-order valence-electron chi connectivity index (χ0n) is 14.4. The summed E-state index contributed by atoms with van der Waals surface area (Å²) >= 11 is 0. The zero-order valence-corrected chi connectivity index (χ0v) is 14.4. The predicted octanol–water partition coefficient (Wildman–Crippen LogP) is 3.81. The number of hydrogen-bond acceptors (Lipinski definition) is 3. The maximum Gasteiger partial charge on any atom is 0.410 e. The number of nitrogens with zero attached hydrogens (tertiary/aromatic N) is 1. The molecule has 2 aromatic carbocycles. The molecule has 0 bridgehead atoms. The smallest absolute Gasteiger partial charge is 0.410 e. The van der Waals surface area contributed by atoms with E-state index >= 15 is 0 Å². The first kappa shape index (κ1) is 16.2. The van der Waals surface area contributed by atoms with E-state index in [1.54, 1.807) is 0 Å². The molecule has 1 saturated heterocycles. The Morgan fingerprint density at radius 2 is 1.56 bits per heavy atom. The topological polar surface area (TPSA) is 55.6 Å². The molecule has 2 N–H and O–H groups in total. The maximum atomic E-state index is 12.8. The fourth-order valence-electron chi connectivity index (χ4n) is 3.84. The van der Waals surface area contributed by atoms with Crippen molar-refractivity contribution in [3.8, 4) is 0 Å². The SMILES string of the molecule is NC1(c2ccccc2)CCC2(CC2)N(C(=O)OCc2ccccc2)C1. The molecular formula is C21H24N2O2. The highest BCUT2D eigenvalue weighted by Crippen LogP contribution is 2.51. The van der Waals surface area contributed by atoms with Gasteiger partial charge in [0, 0.05) is 12.1 Å². The molecule has 2 aromatic rings. The Hall–Kier alpha value is -2.33. The molecule has 1 amide bonds. The van der Waals surface area contributed by atoms with Crippen molar-refractivity contribution in [3.63, 3.8) is 0 Å². The third-order valence-electron chi connectivity index (χ3n) is 5.65. The summed E-state index contributed by atoms with van der Waals surface area (Å²) in [6.45, 7) is 0.819. The van der Waals surface area contributed by atoms with Crippen LogP contribution >= 0.6 is 0 Å². The molecular weight excluding hydrogens is 312 g/mol. The molecule has 4 heteroatoms. The van der Waals surface area contributed by atoms with Gasteiger partial charge in [0.05, 0.1) is 5.54 Å². The summed E-state index contributed by atoms with van der Waals surface area (Å²) in [5.41, 5.74) is 8.28. The molecule has 1 aliphatic carbocycles. The fraction of sp³-hybridized carbons (Fsp3) is 0.381. The molecule has 1 spiro atoms. The van der Waals surface area contributed by atoms with E-state index in [9.17, 15) is 4.79 Å². The Morgan fingerprint density at radius 1 is 0.960 bits per heavy atom. The third-order valence-corrected chi connectivity index (χ3v) is 5.65. The number of benzene rings is 2. The number of ether oxygens (including phenoxy) is 1. The highest BCUT2D eigenvalue weighted by Gasteiger charge is 2.56. The molecule has 1 heterocycles. The summed E-state index contributed by atoms with van der Waals surface area (Å²) < 4.78 is 5.60. The van der Waals surface area contributed by atoms with Crippen LogP contribution in [0.4, 0.5) is 4.79 Å². The molecule has 0 radical (unpaired) electrons. The molecule has 1 atom stereocenters. The van der Waals surface area contributed by atoms with Gasteiger partial charge in [0.15, 0.2) is 0 Å². The average molecular weight is 336 g/mol. The van der Waals surface area contributed by atoms with Gasteiger partial charge in [-0.25, -0.2) is 4.79 Å². The first-order valence-electron chi connectivity index (χ1n) is 8.94. The van der Waals surface area contributed by atoms with Crippen LogP contribution in [0.25, 0.3) is 0 Å². The Balaban J connectivity index is 1.49. The number of nitrogens with two attached hydrogens (primary N) is 1. The van der Waals surface area contributed by atoms with Crippen molar-refractivity contribution in [2.24, 2.45) is 5.73 Å². The number of piperidine rings is 1. The van der Waals surface area contributed by atoms with Crippen molar-refractivity contribution in [3.05, 3.63) is 71.8 Å². The first-order valence-corrected chi connectivity index (χ1v) is 8.94. The van der Waals surface area contributed by atoms with E-state index < -0.39 is 5.54 Å². The predicted molar refractivity (Wildman–Crippen MR) is 96.8 cm³/mol. The van der Waals surface area contributed by atoms with Crippen LogP contribution in [-0.4, -0.2) is 23.1 Å². The van der Waals surface area contributed by atoms with E-state index in [0.717, 1.165) is 36.8 Å². The summed E-state index contributed by atoms with van der Waals surface area (Å²) in [6.07, 6.45) is 3.71. The van der Waals surface area contributed by atoms with Crippen molar-refractivity contribution in [1.82, 2.24) is 4.90 Å². The second-order valence-corrected chi connectivity index (χ2v) is 7.37. The van der Waals surface area contributed by atoms with Crippen LogP contribution in [-0.2, 0) is 16.9 Å². The molecule has 2 aliphatic rings. The minimum atomic E-state index is -0.499. The quantitative estimate of drug-likeness (QED) is 0.927. The van der Waals surface area contributed by atoms with Crippen molar-refractivity contribution >= 4 is 6.09 Å². The lowest BCUT2D eigenvalue weighted by molar-refractivity contribution is 0.0382. The van der Waals surface area contributed by atoms with Crippen LogP contribution in [0.1, 0.15) is 36.8 Å². The molecule has 130 valence electrons. The molecule has 1 aliphatic heterocycles. The zero-order chi connectivity index (χ0) is 17.3. The largest absolute Gasteiger partial charge is 0.445 e. The van der Waals surface area contributed by atoms with Gasteiger partial charge in [-0.05, 0) is 36.8 Å². The number of carbonyl (C=O) groups is 1. The van der Waals surface area contributed by atoms with Gasteiger partial charge in [0.1, 0.15) is 6.61 Å². The monoisotopic (exact) mass is 336 g/mol. The molecule has 4 rings (SSSR count). The maximum absolute atomic E-state index is 12.8. The van der Waals surface area contributed by atoms with Crippen LogP contribution in [0.3, 0.4) is 0 Å². The minimum Gasteiger partial charge on any atom is -0.445 e. The molecule has 4 nitrogen and oxygen atoms in total. The lowest BCUT2D eigenvalue weighted by Gasteiger charge is -2.45. The highest BCUT2D eigenvalue weighted by molar-refractivity contribution is 5.70. The van der Waals surface area contributed by atoms with Gasteiger partial charge in [-0.2, -0.15) is 0 Å². The van der Waals surface area contributed by atoms with Crippen LogP contribution < -0.4 is 5.73 Å². The van der Waals surface area contributed by atoms with Crippen molar-refractivity contribution in [2.75, 3.05) is 6.54 Å². The van der Waals surface area contributed by atoms with Crippen LogP contribution in [0.2, 0.25) is 0 Å². The van der Waals surface area contributed by atoms with E-state index in [-0.39, 0.29) is 11.6 Å². The second kappa shape index (κ2) is 6.19. The number of carbonyl (C=O) groups excluding carboxylic acids is 1. The molecule has 2 fully saturated rings. The Bertz CT molecular complexity index is 743. The molecule has 25 heavy (non-hydrogen) atoms. The fourth-order valence-corrected chi connectivity index (χ4v) is 3.84. The van der Waals surface area contributed by atoms with Gasteiger partial charge >= 0.3 is 6.09 Å². The average Bonchev–Trinajstić information content (AvgIpc) is 3.44. The lowest BCUT2D eigenvalue weighted by atomic mass is 9.80. The van der Waals surface area contributed by atoms with Crippen molar-refractivity contribution in [2.45, 2.75) is 43.4 Å². The van der Waals surface area contributed by atoms with Gasteiger partial charge in [0.2, 0.25) is 0 Å². The molecule has 0 aromatic heterocycles. The van der Waals surface area contributed by atoms with Crippen LogP contribution in [0.5, 0.6) is 0 Å². The number of hydrogen-bond donors (Lipinski definition) is 1. The minimum absolute atomic E-state index is 0.0224. The summed E-state index contributed by atoms with van der Waals surface area (Å²) in [5, 5.41) is 0. The summed E-state index contributed by atoms with van der Waals surface area (Å²) in [7, 11) is 0. The van der Waals surface area contributed by atoms with E-state index in [1.165, 1.54) is 0 Å². The van der Waals surface area contributed by atoms with Crippen molar-refractivity contribution < 1.29 is 9.53 Å². The van der Waals surface area contributed by atoms with Crippen molar-refractivity contribution in [1.29, 1.82) is 0 Å². The Morgan fingerprint density at radius 3 is 2.20 bits per heavy atom. The standard InChI is InChI=1S/C21H24N2O2/c22-21(18-9-5-2-6-10-18)14-13-20(11-12-20)23(16-21)19(24)25-15-17-7-3-1-4-8-17/h1-10H,11-16,22H2. The van der Waals surface area contributed by atoms with Crippen LogP contribution in [0, 0.1) is 0 Å². The third kappa shape index (κ3) is 3.14. The van der Waals surface area contributed by atoms with E-state index in [1.807, 2.05) is 53.4 Å². The number of rotatable bonds is 3. The Kier molecular flexibility index (Phi) is 4.00. The van der Waals surface area contributed by atoms with Gasteiger partial charge < -0.3 is 15.4 Å². The second-order valence-electron chi connectivity index (χ2n) is 7.37.